The lowest BCUT2D eigenvalue weighted by atomic mass is 10.0. The van der Waals surface area contributed by atoms with Crippen LogP contribution in [0.25, 0.3) is 10.9 Å². The molecule has 0 N–H and O–H groups in total. The summed E-state index contributed by atoms with van der Waals surface area (Å²) in [5.41, 5.74) is 3.43. The Kier molecular flexibility index (Phi) is 5.55. The third kappa shape index (κ3) is 4.28. The van der Waals surface area contributed by atoms with Gasteiger partial charge in [-0.05, 0) is 32.0 Å². The fourth-order valence-corrected chi connectivity index (χ4v) is 3.60. The minimum atomic E-state index is -0.195. The monoisotopic (exact) mass is 396 g/mol. The minimum absolute atomic E-state index is 0.00926. The number of rotatable bonds is 5. The topological polar surface area (TPSA) is 90.6 Å². The number of aryl methyl sites for hydroxylation is 2. The summed E-state index contributed by atoms with van der Waals surface area (Å²) in [5.74, 6) is 0.975. The first kappa shape index (κ1) is 19.5. The smallest absolute Gasteiger partial charge is 0.254 e. The van der Waals surface area contributed by atoms with E-state index in [0.29, 0.717) is 50.0 Å². The van der Waals surface area contributed by atoms with E-state index in [9.17, 15) is 4.79 Å². The van der Waals surface area contributed by atoms with Crippen LogP contribution in [0.15, 0.2) is 28.8 Å². The van der Waals surface area contributed by atoms with Crippen molar-refractivity contribution in [3.05, 3.63) is 52.8 Å². The van der Waals surface area contributed by atoms with Crippen molar-refractivity contribution in [2.45, 2.75) is 33.0 Å². The third-order valence-electron chi connectivity index (χ3n) is 4.93. The molecule has 4 rings (SSSR count). The van der Waals surface area contributed by atoms with E-state index in [-0.39, 0.29) is 12.0 Å². The Bertz CT molecular complexity index is 1030. The number of hydrogen-bond acceptors (Lipinski definition) is 7. The Labute approximate surface area is 168 Å². The number of carbonyl (C=O) groups excluding carboxylic acids is 1. The van der Waals surface area contributed by atoms with Crippen molar-refractivity contribution in [2.75, 3.05) is 26.8 Å². The molecule has 1 fully saturated rings. The lowest BCUT2D eigenvalue weighted by Gasteiger charge is -2.32. The number of fused-ring (bicyclic) bond motifs is 1. The van der Waals surface area contributed by atoms with Gasteiger partial charge in [0.05, 0.1) is 30.2 Å². The number of pyridine rings is 1. The maximum atomic E-state index is 13.3. The zero-order valence-electron chi connectivity index (χ0n) is 16.8. The molecular weight excluding hydrogens is 372 g/mol. The average molecular weight is 396 g/mol. The molecule has 152 valence electrons. The van der Waals surface area contributed by atoms with Crippen molar-refractivity contribution in [1.29, 1.82) is 0 Å². The number of nitrogens with zero attached hydrogens (tertiary/aromatic N) is 4. The highest BCUT2D eigenvalue weighted by atomic mass is 16.5. The van der Waals surface area contributed by atoms with Crippen LogP contribution in [0.2, 0.25) is 0 Å². The van der Waals surface area contributed by atoms with Gasteiger partial charge in [0.25, 0.3) is 5.91 Å². The molecule has 0 bridgehead atoms. The van der Waals surface area contributed by atoms with E-state index in [2.05, 4.69) is 15.1 Å². The molecule has 0 saturated carbocycles. The SMILES string of the molecule is COCc1noc(CC2CN(C(=O)c3cc(C)nc4ccc(C)cc34)CCO2)n1. The average Bonchev–Trinajstić information content (AvgIpc) is 3.14. The lowest BCUT2D eigenvalue weighted by Crippen LogP contribution is -2.46. The van der Waals surface area contributed by atoms with Crippen LogP contribution in [0.5, 0.6) is 0 Å². The molecule has 1 aromatic carbocycles. The molecule has 1 aliphatic heterocycles. The molecule has 1 aliphatic rings. The number of amides is 1. The lowest BCUT2D eigenvalue weighted by molar-refractivity contribution is -0.0236. The summed E-state index contributed by atoms with van der Waals surface area (Å²) in [7, 11) is 1.58. The molecule has 0 aliphatic carbocycles. The van der Waals surface area contributed by atoms with Gasteiger partial charge in [-0.1, -0.05) is 16.8 Å². The Morgan fingerprint density at radius 1 is 1.28 bits per heavy atom. The van der Waals surface area contributed by atoms with Gasteiger partial charge < -0.3 is 18.9 Å². The molecular formula is C21H24N4O4. The molecule has 1 atom stereocenters. The van der Waals surface area contributed by atoms with E-state index in [1.807, 2.05) is 43.0 Å². The van der Waals surface area contributed by atoms with E-state index < -0.39 is 0 Å². The number of benzene rings is 1. The van der Waals surface area contributed by atoms with E-state index in [1.54, 1.807) is 7.11 Å². The summed E-state index contributed by atoms with van der Waals surface area (Å²) in [6, 6.07) is 7.85. The first-order valence-electron chi connectivity index (χ1n) is 9.63. The van der Waals surface area contributed by atoms with Crippen molar-refractivity contribution < 1.29 is 18.8 Å². The summed E-state index contributed by atoms with van der Waals surface area (Å²) in [5, 5.41) is 4.75. The van der Waals surface area contributed by atoms with Gasteiger partial charge in [0, 0.05) is 31.3 Å². The van der Waals surface area contributed by atoms with Gasteiger partial charge in [-0.2, -0.15) is 4.98 Å². The molecule has 1 unspecified atom stereocenters. The van der Waals surface area contributed by atoms with Crippen molar-refractivity contribution >= 4 is 16.8 Å². The fourth-order valence-electron chi connectivity index (χ4n) is 3.60. The van der Waals surface area contributed by atoms with Crippen LogP contribution in [0.1, 0.15) is 33.3 Å². The van der Waals surface area contributed by atoms with E-state index >= 15 is 0 Å². The van der Waals surface area contributed by atoms with E-state index in [0.717, 1.165) is 22.2 Å². The number of methoxy groups -OCH3 is 1. The van der Waals surface area contributed by atoms with Gasteiger partial charge in [0.15, 0.2) is 5.82 Å². The number of hydrogen-bond donors (Lipinski definition) is 0. The molecule has 3 aromatic rings. The van der Waals surface area contributed by atoms with Gasteiger partial charge >= 0.3 is 0 Å². The van der Waals surface area contributed by atoms with Crippen LogP contribution in [-0.4, -0.2) is 58.8 Å². The molecule has 1 amide bonds. The van der Waals surface area contributed by atoms with Crippen LogP contribution in [0.4, 0.5) is 0 Å². The highest BCUT2D eigenvalue weighted by molar-refractivity contribution is 6.06. The largest absolute Gasteiger partial charge is 0.377 e. The number of morpholine rings is 1. The molecule has 3 heterocycles. The Hall–Kier alpha value is -2.84. The first-order chi connectivity index (χ1) is 14.0. The van der Waals surface area contributed by atoms with Gasteiger partial charge in [-0.15, -0.1) is 0 Å². The van der Waals surface area contributed by atoms with Crippen LogP contribution in [0, 0.1) is 13.8 Å². The fraction of sp³-hybridized carbons (Fsp3) is 0.429. The van der Waals surface area contributed by atoms with Crippen LogP contribution >= 0.6 is 0 Å². The van der Waals surface area contributed by atoms with E-state index in [1.165, 1.54) is 0 Å². The molecule has 8 heteroatoms. The molecule has 1 saturated heterocycles. The first-order valence-corrected chi connectivity index (χ1v) is 9.63. The zero-order chi connectivity index (χ0) is 20.4. The third-order valence-corrected chi connectivity index (χ3v) is 4.93. The van der Waals surface area contributed by atoms with Crippen LogP contribution in [0.3, 0.4) is 0 Å². The van der Waals surface area contributed by atoms with Crippen molar-refractivity contribution in [1.82, 2.24) is 20.0 Å². The van der Waals surface area contributed by atoms with Crippen molar-refractivity contribution in [3.8, 4) is 0 Å². The molecule has 8 nitrogen and oxygen atoms in total. The van der Waals surface area contributed by atoms with Gasteiger partial charge in [-0.3, -0.25) is 9.78 Å². The molecule has 29 heavy (non-hydrogen) atoms. The zero-order valence-corrected chi connectivity index (χ0v) is 16.8. The normalized spacial score (nSPS) is 17.1. The maximum absolute atomic E-state index is 13.3. The van der Waals surface area contributed by atoms with Crippen molar-refractivity contribution in [2.24, 2.45) is 0 Å². The highest BCUT2D eigenvalue weighted by Crippen LogP contribution is 2.23. The minimum Gasteiger partial charge on any atom is -0.377 e. The summed E-state index contributed by atoms with van der Waals surface area (Å²) in [6.07, 6.45) is 0.259. The van der Waals surface area contributed by atoms with Crippen LogP contribution in [-0.2, 0) is 22.5 Å². The number of ether oxygens (including phenoxy) is 2. The summed E-state index contributed by atoms with van der Waals surface area (Å²) >= 11 is 0. The Morgan fingerprint density at radius 3 is 2.97 bits per heavy atom. The van der Waals surface area contributed by atoms with Crippen molar-refractivity contribution in [3.63, 3.8) is 0 Å². The van der Waals surface area contributed by atoms with Crippen LogP contribution < -0.4 is 0 Å². The molecule has 2 aromatic heterocycles. The highest BCUT2D eigenvalue weighted by Gasteiger charge is 2.28. The van der Waals surface area contributed by atoms with Gasteiger partial charge in [0.2, 0.25) is 5.89 Å². The second-order valence-corrected chi connectivity index (χ2v) is 7.32. The second kappa shape index (κ2) is 8.26. The molecule has 0 spiro atoms. The Balaban J connectivity index is 1.53. The predicted molar refractivity (Wildman–Crippen MR) is 106 cm³/mol. The predicted octanol–water partition coefficient (Wildman–Crippen LogP) is 2.46. The summed E-state index contributed by atoms with van der Waals surface area (Å²) in [4.78, 5) is 24.0. The second-order valence-electron chi connectivity index (χ2n) is 7.32. The summed E-state index contributed by atoms with van der Waals surface area (Å²) < 4.78 is 16.1. The Morgan fingerprint density at radius 2 is 2.14 bits per heavy atom. The quantitative estimate of drug-likeness (QED) is 0.654. The molecule has 0 radical (unpaired) electrons. The van der Waals surface area contributed by atoms with E-state index in [4.69, 9.17) is 14.0 Å². The standard InChI is InChI=1S/C21H24N4O4/c1-13-4-5-18-16(8-13)17(9-14(2)22-18)21(26)25-6-7-28-15(11-25)10-20-23-19(12-27-3)24-29-20/h4-5,8-9,15H,6-7,10-12H2,1-3H3. The number of aromatic nitrogens is 3. The maximum Gasteiger partial charge on any atom is 0.254 e. The van der Waals surface area contributed by atoms with Gasteiger partial charge in [-0.25, -0.2) is 0 Å². The summed E-state index contributed by atoms with van der Waals surface area (Å²) in [6.45, 7) is 5.70. The number of carbonyl (C=O) groups is 1. The van der Waals surface area contributed by atoms with Gasteiger partial charge in [0.1, 0.15) is 6.61 Å².